The van der Waals surface area contributed by atoms with Gasteiger partial charge in [-0.25, -0.2) is 0 Å². The van der Waals surface area contributed by atoms with Gasteiger partial charge in [-0.15, -0.1) is 0 Å². The minimum atomic E-state index is 0.331. The number of phenols is 1. The van der Waals surface area contributed by atoms with Gasteiger partial charge in [0.2, 0.25) is 0 Å². The summed E-state index contributed by atoms with van der Waals surface area (Å²) in [5, 5.41) is 14.2. The second kappa shape index (κ2) is 5.64. The first kappa shape index (κ1) is 14.9. The fraction of sp³-hybridized carbons (Fsp3) is 0.684. The highest BCUT2D eigenvalue weighted by molar-refractivity contribution is 5.51. The van der Waals surface area contributed by atoms with Crippen LogP contribution in [-0.4, -0.2) is 11.1 Å². The molecule has 3 rings (SSSR count). The van der Waals surface area contributed by atoms with E-state index in [1.807, 2.05) is 6.07 Å². The van der Waals surface area contributed by atoms with E-state index >= 15 is 0 Å². The molecule has 2 aliphatic rings. The molecule has 5 atom stereocenters. The van der Waals surface area contributed by atoms with Crippen molar-refractivity contribution in [2.45, 2.75) is 71.4 Å². The van der Waals surface area contributed by atoms with Crippen LogP contribution in [0.25, 0.3) is 0 Å². The van der Waals surface area contributed by atoms with Crippen LogP contribution in [-0.2, 0) is 0 Å². The molecule has 5 unspecified atom stereocenters. The standard InChI is InChI=1S/C19H29NO/c1-5-14-7-8-15(13(14)4)20-16-10-12(3)18-11(2)6-9-17(21)19(16)18/h6,9,12-16,20-21H,5,7-8,10H2,1-4H3. The largest absolute Gasteiger partial charge is 0.508 e. The SMILES string of the molecule is CCC1CCC(NC2CC(C)c3c(C)ccc(O)c32)C1C. The maximum absolute atomic E-state index is 10.3. The van der Waals surface area contributed by atoms with Crippen LogP contribution in [0.3, 0.4) is 0 Å². The maximum atomic E-state index is 10.3. The van der Waals surface area contributed by atoms with E-state index in [4.69, 9.17) is 0 Å². The molecule has 21 heavy (non-hydrogen) atoms. The Morgan fingerprint density at radius 2 is 1.95 bits per heavy atom. The molecule has 2 N–H and O–H groups in total. The molecular weight excluding hydrogens is 258 g/mol. The van der Waals surface area contributed by atoms with Crippen LogP contribution in [0, 0.1) is 18.8 Å². The molecule has 1 fully saturated rings. The number of fused-ring (bicyclic) bond motifs is 1. The monoisotopic (exact) mass is 287 g/mol. The second-order valence-corrected chi connectivity index (χ2v) is 7.30. The number of phenolic OH excluding ortho intramolecular Hbond substituents is 1. The molecule has 0 spiro atoms. The predicted molar refractivity (Wildman–Crippen MR) is 87.7 cm³/mol. The van der Waals surface area contributed by atoms with Crippen molar-refractivity contribution >= 4 is 0 Å². The summed E-state index contributed by atoms with van der Waals surface area (Å²) in [7, 11) is 0. The summed E-state index contributed by atoms with van der Waals surface area (Å²) >= 11 is 0. The molecule has 1 aromatic rings. The molecule has 0 heterocycles. The lowest BCUT2D eigenvalue weighted by molar-refractivity contribution is 0.315. The van der Waals surface area contributed by atoms with Gasteiger partial charge in [0.1, 0.15) is 5.75 Å². The molecule has 2 heteroatoms. The summed E-state index contributed by atoms with van der Waals surface area (Å²) in [6.45, 7) is 9.17. The van der Waals surface area contributed by atoms with Crippen molar-refractivity contribution in [3.05, 3.63) is 28.8 Å². The van der Waals surface area contributed by atoms with E-state index in [-0.39, 0.29) is 0 Å². The summed E-state index contributed by atoms with van der Waals surface area (Å²) < 4.78 is 0. The molecule has 0 amide bonds. The number of aromatic hydroxyl groups is 1. The molecule has 116 valence electrons. The number of hydrogen-bond acceptors (Lipinski definition) is 2. The van der Waals surface area contributed by atoms with Crippen molar-refractivity contribution in [2.75, 3.05) is 0 Å². The predicted octanol–water partition coefficient (Wildman–Crippen LogP) is 4.66. The van der Waals surface area contributed by atoms with E-state index < -0.39 is 0 Å². The van der Waals surface area contributed by atoms with Gasteiger partial charge in [0.15, 0.2) is 0 Å². The molecule has 0 aromatic heterocycles. The van der Waals surface area contributed by atoms with Crippen molar-refractivity contribution in [2.24, 2.45) is 11.8 Å². The van der Waals surface area contributed by atoms with Gasteiger partial charge in [0.05, 0.1) is 0 Å². The highest BCUT2D eigenvalue weighted by Crippen LogP contribution is 2.47. The zero-order valence-electron chi connectivity index (χ0n) is 13.8. The van der Waals surface area contributed by atoms with Crippen molar-refractivity contribution in [1.29, 1.82) is 0 Å². The third-order valence-corrected chi connectivity index (χ3v) is 6.08. The third kappa shape index (κ3) is 2.48. The summed E-state index contributed by atoms with van der Waals surface area (Å²) in [4.78, 5) is 0. The highest BCUT2D eigenvalue weighted by Gasteiger charge is 2.37. The Morgan fingerprint density at radius 3 is 2.62 bits per heavy atom. The van der Waals surface area contributed by atoms with Crippen molar-refractivity contribution in [3.8, 4) is 5.75 Å². The zero-order chi connectivity index (χ0) is 15.1. The number of rotatable bonds is 3. The van der Waals surface area contributed by atoms with Crippen LogP contribution in [0.2, 0.25) is 0 Å². The first-order valence-electron chi connectivity index (χ1n) is 8.61. The molecule has 0 aliphatic heterocycles. The van der Waals surface area contributed by atoms with Gasteiger partial charge in [0, 0.05) is 17.6 Å². The molecule has 2 aliphatic carbocycles. The quantitative estimate of drug-likeness (QED) is 0.847. The first-order chi connectivity index (χ1) is 10.0. The minimum absolute atomic E-state index is 0.331. The van der Waals surface area contributed by atoms with Crippen molar-refractivity contribution in [3.63, 3.8) is 0 Å². The fourth-order valence-corrected chi connectivity index (χ4v) is 4.81. The molecule has 0 saturated heterocycles. The topological polar surface area (TPSA) is 32.3 Å². The molecule has 1 aromatic carbocycles. The Kier molecular flexibility index (Phi) is 4.00. The first-order valence-corrected chi connectivity index (χ1v) is 8.61. The lowest BCUT2D eigenvalue weighted by Gasteiger charge is -2.26. The van der Waals surface area contributed by atoms with Crippen LogP contribution < -0.4 is 5.32 Å². The molecule has 2 nitrogen and oxygen atoms in total. The van der Waals surface area contributed by atoms with Gasteiger partial charge in [-0.1, -0.05) is 33.3 Å². The number of nitrogens with one attached hydrogen (secondary N) is 1. The van der Waals surface area contributed by atoms with Crippen molar-refractivity contribution < 1.29 is 5.11 Å². The van der Waals surface area contributed by atoms with Crippen LogP contribution in [0.5, 0.6) is 5.75 Å². The zero-order valence-corrected chi connectivity index (χ0v) is 13.8. The van der Waals surface area contributed by atoms with E-state index in [1.165, 1.54) is 36.0 Å². The van der Waals surface area contributed by atoms with Crippen LogP contribution in [0.15, 0.2) is 12.1 Å². The van der Waals surface area contributed by atoms with Crippen molar-refractivity contribution in [1.82, 2.24) is 5.32 Å². The molecule has 0 bridgehead atoms. The Morgan fingerprint density at radius 1 is 1.19 bits per heavy atom. The molecular formula is C19H29NO. The van der Waals surface area contributed by atoms with E-state index in [0.29, 0.717) is 23.8 Å². The van der Waals surface area contributed by atoms with Gasteiger partial charge in [-0.2, -0.15) is 0 Å². The van der Waals surface area contributed by atoms with E-state index in [1.54, 1.807) is 0 Å². The molecule has 0 radical (unpaired) electrons. The maximum Gasteiger partial charge on any atom is 0.120 e. The molecule has 1 saturated carbocycles. The fourth-order valence-electron chi connectivity index (χ4n) is 4.81. The Hall–Kier alpha value is -1.02. The highest BCUT2D eigenvalue weighted by atomic mass is 16.3. The Balaban J connectivity index is 1.83. The smallest absolute Gasteiger partial charge is 0.120 e. The van der Waals surface area contributed by atoms with E-state index in [2.05, 4.69) is 39.1 Å². The van der Waals surface area contributed by atoms with Crippen LogP contribution in [0.1, 0.15) is 75.1 Å². The number of benzene rings is 1. The van der Waals surface area contributed by atoms with Crippen LogP contribution in [0.4, 0.5) is 0 Å². The number of aryl methyl sites for hydroxylation is 1. The average molecular weight is 287 g/mol. The Labute approximate surface area is 129 Å². The lowest BCUT2D eigenvalue weighted by atomic mass is 9.93. The van der Waals surface area contributed by atoms with Gasteiger partial charge in [-0.3, -0.25) is 0 Å². The lowest BCUT2D eigenvalue weighted by Crippen LogP contribution is -2.35. The second-order valence-electron chi connectivity index (χ2n) is 7.30. The third-order valence-electron chi connectivity index (χ3n) is 6.08. The van der Waals surface area contributed by atoms with Gasteiger partial charge in [-0.05, 0) is 61.1 Å². The van der Waals surface area contributed by atoms with Gasteiger partial charge < -0.3 is 10.4 Å². The summed E-state index contributed by atoms with van der Waals surface area (Å²) in [6.07, 6.45) is 5.05. The summed E-state index contributed by atoms with van der Waals surface area (Å²) in [6, 6.07) is 4.86. The number of hydrogen-bond donors (Lipinski definition) is 2. The normalized spacial score (nSPS) is 35.1. The summed E-state index contributed by atoms with van der Waals surface area (Å²) in [5.74, 6) is 2.65. The van der Waals surface area contributed by atoms with Gasteiger partial charge in [0.25, 0.3) is 0 Å². The summed E-state index contributed by atoms with van der Waals surface area (Å²) in [5.41, 5.74) is 3.88. The average Bonchev–Trinajstić information content (AvgIpc) is 2.97. The Bertz CT molecular complexity index is 525. The van der Waals surface area contributed by atoms with Gasteiger partial charge >= 0.3 is 0 Å². The minimum Gasteiger partial charge on any atom is -0.508 e. The van der Waals surface area contributed by atoms with E-state index in [9.17, 15) is 5.11 Å². The van der Waals surface area contributed by atoms with E-state index in [0.717, 1.165) is 18.3 Å². The van der Waals surface area contributed by atoms with Crippen LogP contribution >= 0.6 is 0 Å².